The summed E-state index contributed by atoms with van der Waals surface area (Å²) in [5, 5.41) is 13.0. The van der Waals surface area contributed by atoms with E-state index in [-0.39, 0.29) is 12.5 Å². The Bertz CT molecular complexity index is 267. The lowest BCUT2D eigenvalue weighted by Crippen LogP contribution is -2.51. The van der Waals surface area contributed by atoms with Gasteiger partial charge in [0.05, 0.1) is 13.2 Å². The maximum Gasteiger partial charge on any atom is 0.329 e. The van der Waals surface area contributed by atoms with E-state index in [0.717, 1.165) is 12.8 Å². The molecule has 1 fully saturated rings. The van der Waals surface area contributed by atoms with Crippen molar-refractivity contribution in [3.63, 3.8) is 0 Å². The molecule has 104 valence electrons. The van der Waals surface area contributed by atoms with E-state index in [9.17, 15) is 9.59 Å². The molecule has 0 bridgehead atoms. The van der Waals surface area contributed by atoms with Gasteiger partial charge in [0, 0.05) is 26.1 Å². The third-order valence-electron chi connectivity index (χ3n) is 2.62. The zero-order chi connectivity index (χ0) is 13.2. The van der Waals surface area contributed by atoms with Crippen molar-refractivity contribution in [2.75, 3.05) is 32.8 Å². The number of nitrogens with zero attached hydrogens (tertiary/aromatic N) is 1. The second kappa shape index (κ2) is 8.71. The molecule has 7 heteroatoms. The standard InChI is InChI=1S/C11H21N3O4/c15-10(16)4-2-1-3-5-12-11(17)13-14-6-8-18-9-7-14/h1-9H2,(H,15,16)(H2,12,13,17). The predicted molar refractivity (Wildman–Crippen MR) is 65.0 cm³/mol. The van der Waals surface area contributed by atoms with Crippen LogP contribution in [0, 0.1) is 0 Å². The van der Waals surface area contributed by atoms with Gasteiger partial charge < -0.3 is 15.2 Å². The molecule has 0 aromatic carbocycles. The number of aliphatic carboxylic acids is 1. The van der Waals surface area contributed by atoms with Crippen molar-refractivity contribution in [1.82, 2.24) is 15.8 Å². The molecule has 0 atom stereocenters. The lowest BCUT2D eigenvalue weighted by Gasteiger charge is -2.26. The number of carbonyl (C=O) groups is 2. The Balaban J connectivity index is 1.94. The first-order valence-electron chi connectivity index (χ1n) is 6.27. The zero-order valence-corrected chi connectivity index (χ0v) is 10.5. The SMILES string of the molecule is O=C(O)CCCCCNC(=O)NN1CCOCC1. The van der Waals surface area contributed by atoms with Gasteiger partial charge in [-0.3, -0.25) is 10.2 Å². The number of carboxylic acids is 1. The molecule has 0 saturated carbocycles. The number of nitrogens with one attached hydrogen (secondary N) is 2. The van der Waals surface area contributed by atoms with Crippen LogP contribution in [-0.2, 0) is 9.53 Å². The van der Waals surface area contributed by atoms with Crippen LogP contribution in [0.3, 0.4) is 0 Å². The van der Waals surface area contributed by atoms with Gasteiger partial charge >= 0.3 is 12.0 Å². The monoisotopic (exact) mass is 259 g/mol. The fourth-order valence-corrected chi connectivity index (χ4v) is 1.64. The fraction of sp³-hybridized carbons (Fsp3) is 0.818. The van der Waals surface area contributed by atoms with E-state index >= 15 is 0 Å². The van der Waals surface area contributed by atoms with Crippen molar-refractivity contribution in [2.45, 2.75) is 25.7 Å². The van der Waals surface area contributed by atoms with E-state index in [1.165, 1.54) is 0 Å². The summed E-state index contributed by atoms with van der Waals surface area (Å²) in [4.78, 5) is 21.7. The highest BCUT2D eigenvalue weighted by atomic mass is 16.5. The van der Waals surface area contributed by atoms with E-state index < -0.39 is 5.97 Å². The molecule has 1 aliphatic heterocycles. The Labute approximate surface area is 106 Å². The average molecular weight is 259 g/mol. The van der Waals surface area contributed by atoms with Gasteiger partial charge in [0.1, 0.15) is 0 Å². The number of urea groups is 1. The van der Waals surface area contributed by atoms with E-state index in [0.29, 0.717) is 39.3 Å². The van der Waals surface area contributed by atoms with Crippen LogP contribution in [0.2, 0.25) is 0 Å². The number of hydrogen-bond acceptors (Lipinski definition) is 4. The van der Waals surface area contributed by atoms with E-state index in [4.69, 9.17) is 9.84 Å². The summed E-state index contributed by atoms with van der Waals surface area (Å²) in [6.45, 7) is 3.23. The summed E-state index contributed by atoms with van der Waals surface area (Å²) in [5.41, 5.74) is 2.74. The quantitative estimate of drug-likeness (QED) is 0.567. The third-order valence-corrected chi connectivity index (χ3v) is 2.62. The zero-order valence-electron chi connectivity index (χ0n) is 10.5. The minimum Gasteiger partial charge on any atom is -0.481 e. The summed E-state index contributed by atoms with van der Waals surface area (Å²) in [6.07, 6.45) is 2.45. The van der Waals surface area contributed by atoms with Crippen molar-refractivity contribution in [1.29, 1.82) is 0 Å². The number of carboxylic acid groups (broad SMARTS) is 1. The third kappa shape index (κ3) is 7.08. The molecule has 0 aliphatic carbocycles. The summed E-state index contributed by atoms with van der Waals surface area (Å²) < 4.78 is 5.16. The van der Waals surface area contributed by atoms with Crippen LogP contribution in [0.25, 0.3) is 0 Å². The number of hydrogen-bond donors (Lipinski definition) is 3. The second-order valence-corrected chi connectivity index (χ2v) is 4.17. The number of carbonyl (C=O) groups excluding carboxylic acids is 1. The molecule has 0 spiro atoms. The lowest BCUT2D eigenvalue weighted by atomic mass is 10.2. The van der Waals surface area contributed by atoms with Gasteiger partial charge in [-0.2, -0.15) is 0 Å². The van der Waals surface area contributed by atoms with Gasteiger partial charge in [-0.1, -0.05) is 6.42 Å². The maximum atomic E-state index is 11.5. The number of ether oxygens (including phenoxy) is 1. The molecule has 1 heterocycles. The van der Waals surface area contributed by atoms with E-state index in [2.05, 4.69) is 10.7 Å². The highest BCUT2D eigenvalue weighted by Crippen LogP contribution is 1.98. The van der Waals surface area contributed by atoms with Crippen molar-refractivity contribution in [3.8, 4) is 0 Å². The Morgan fingerprint density at radius 2 is 1.89 bits per heavy atom. The highest BCUT2D eigenvalue weighted by molar-refractivity contribution is 5.73. The molecule has 3 N–H and O–H groups in total. The number of morpholine rings is 1. The molecular formula is C11H21N3O4. The van der Waals surface area contributed by atoms with Crippen LogP contribution in [-0.4, -0.2) is 55.0 Å². The minimum atomic E-state index is -0.770. The molecule has 7 nitrogen and oxygen atoms in total. The summed E-state index contributed by atoms with van der Waals surface area (Å²) in [6, 6.07) is -0.213. The van der Waals surface area contributed by atoms with Crippen molar-refractivity contribution in [3.05, 3.63) is 0 Å². The number of unbranched alkanes of at least 4 members (excludes halogenated alkanes) is 2. The Morgan fingerprint density at radius 3 is 2.56 bits per heavy atom. The molecule has 1 rings (SSSR count). The first-order valence-corrected chi connectivity index (χ1v) is 6.27. The molecular weight excluding hydrogens is 238 g/mol. The molecule has 1 aliphatic rings. The largest absolute Gasteiger partial charge is 0.481 e. The number of hydrazine groups is 1. The van der Waals surface area contributed by atoms with Gasteiger partial charge in [-0.05, 0) is 12.8 Å². The van der Waals surface area contributed by atoms with Gasteiger partial charge in [0.15, 0.2) is 0 Å². The predicted octanol–water partition coefficient (Wildman–Crippen LogP) is 0.178. The van der Waals surface area contributed by atoms with Crippen molar-refractivity contribution < 1.29 is 19.4 Å². The van der Waals surface area contributed by atoms with E-state index in [1.807, 2.05) is 5.01 Å². The average Bonchev–Trinajstić information content (AvgIpc) is 2.34. The van der Waals surface area contributed by atoms with Crippen LogP contribution < -0.4 is 10.7 Å². The Morgan fingerprint density at radius 1 is 1.17 bits per heavy atom. The molecule has 0 radical (unpaired) electrons. The maximum absolute atomic E-state index is 11.5. The van der Waals surface area contributed by atoms with E-state index in [1.54, 1.807) is 0 Å². The molecule has 18 heavy (non-hydrogen) atoms. The normalized spacial score (nSPS) is 16.2. The molecule has 0 aromatic heterocycles. The summed E-state index contributed by atoms with van der Waals surface area (Å²) >= 11 is 0. The smallest absolute Gasteiger partial charge is 0.329 e. The first-order chi connectivity index (χ1) is 8.68. The van der Waals surface area contributed by atoms with Gasteiger partial charge in [-0.15, -0.1) is 0 Å². The number of amides is 2. The molecule has 2 amide bonds. The van der Waals surface area contributed by atoms with Crippen LogP contribution >= 0.6 is 0 Å². The first kappa shape index (κ1) is 14.7. The molecule has 0 aromatic rings. The highest BCUT2D eigenvalue weighted by Gasteiger charge is 2.12. The molecule has 0 unspecified atom stereocenters. The number of rotatable bonds is 7. The van der Waals surface area contributed by atoms with Gasteiger partial charge in [-0.25, -0.2) is 9.80 Å². The minimum absolute atomic E-state index is 0.194. The summed E-state index contributed by atoms with van der Waals surface area (Å²) in [5.74, 6) is -0.770. The van der Waals surface area contributed by atoms with Gasteiger partial charge in [0.25, 0.3) is 0 Å². The Kier molecular flexibility index (Phi) is 7.12. The second-order valence-electron chi connectivity index (χ2n) is 4.17. The topological polar surface area (TPSA) is 90.9 Å². The van der Waals surface area contributed by atoms with Crippen molar-refractivity contribution in [2.24, 2.45) is 0 Å². The Hall–Kier alpha value is -1.34. The summed E-state index contributed by atoms with van der Waals surface area (Å²) in [7, 11) is 0. The lowest BCUT2D eigenvalue weighted by molar-refractivity contribution is -0.137. The van der Waals surface area contributed by atoms with Crippen LogP contribution in [0.15, 0.2) is 0 Å². The van der Waals surface area contributed by atoms with Gasteiger partial charge in [0.2, 0.25) is 0 Å². The van der Waals surface area contributed by atoms with Crippen LogP contribution in [0.4, 0.5) is 4.79 Å². The van der Waals surface area contributed by atoms with Crippen molar-refractivity contribution >= 4 is 12.0 Å². The van der Waals surface area contributed by atoms with Crippen LogP contribution in [0.5, 0.6) is 0 Å². The fourth-order valence-electron chi connectivity index (χ4n) is 1.64. The molecule has 1 saturated heterocycles. The van der Waals surface area contributed by atoms with Crippen LogP contribution in [0.1, 0.15) is 25.7 Å².